The van der Waals surface area contributed by atoms with E-state index in [0.29, 0.717) is 5.56 Å². The number of rotatable bonds is 5. The van der Waals surface area contributed by atoms with Gasteiger partial charge in [-0.15, -0.1) is 0 Å². The van der Waals surface area contributed by atoms with Crippen LogP contribution in [0.2, 0.25) is 5.02 Å². The maximum Gasteiger partial charge on any atom is 0.288 e. The zero-order valence-electron chi connectivity index (χ0n) is 8.01. The molecule has 0 aliphatic rings. The first kappa shape index (κ1) is 12.4. The van der Waals surface area contributed by atoms with E-state index in [9.17, 15) is 20.0 Å². The van der Waals surface area contributed by atoms with Crippen LogP contribution >= 0.6 is 11.6 Å². The SMILES string of the molecule is O=C([O-])COCc1ccc(Cl)c([N+](=O)[O-])c1. The van der Waals surface area contributed by atoms with Crippen LogP contribution in [-0.2, 0) is 16.1 Å². The Bertz CT molecular complexity index is 420. The Hall–Kier alpha value is -1.66. The van der Waals surface area contributed by atoms with Crippen molar-refractivity contribution in [1.29, 1.82) is 0 Å². The van der Waals surface area contributed by atoms with Gasteiger partial charge in [0.15, 0.2) is 0 Å². The van der Waals surface area contributed by atoms with Gasteiger partial charge in [0.25, 0.3) is 5.69 Å². The molecule has 0 saturated carbocycles. The maximum atomic E-state index is 10.5. The summed E-state index contributed by atoms with van der Waals surface area (Å²) in [5, 5.41) is 20.6. The number of hydrogen-bond donors (Lipinski definition) is 0. The van der Waals surface area contributed by atoms with Crippen LogP contribution in [0.4, 0.5) is 5.69 Å². The zero-order chi connectivity index (χ0) is 12.1. The van der Waals surface area contributed by atoms with Crippen LogP contribution in [0.1, 0.15) is 5.56 Å². The summed E-state index contributed by atoms with van der Waals surface area (Å²) < 4.78 is 4.73. The average molecular weight is 245 g/mol. The molecule has 0 spiro atoms. The average Bonchev–Trinajstić information content (AvgIpc) is 2.19. The summed E-state index contributed by atoms with van der Waals surface area (Å²) in [6.45, 7) is -0.609. The predicted molar refractivity (Wildman–Crippen MR) is 52.8 cm³/mol. The number of benzene rings is 1. The van der Waals surface area contributed by atoms with Crippen LogP contribution < -0.4 is 5.11 Å². The molecule has 0 radical (unpaired) electrons. The molecule has 6 nitrogen and oxygen atoms in total. The molecular formula is C9H7ClNO5-. The largest absolute Gasteiger partial charge is 0.548 e. The van der Waals surface area contributed by atoms with Crippen molar-refractivity contribution in [3.63, 3.8) is 0 Å². The molecule has 0 atom stereocenters. The van der Waals surface area contributed by atoms with Crippen molar-refractivity contribution in [2.75, 3.05) is 6.61 Å². The van der Waals surface area contributed by atoms with Crippen molar-refractivity contribution in [2.24, 2.45) is 0 Å². The summed E-state index contributed by atoms with van der Waals surface area (Å²) in [4.78, 5) is 20.0. The molecule has 7 heteroatoms. The van der Waals surface area contributed by atoms with Crippen LogP contribution in [0.25, 0.3) is 0 Å². The molecule has 0 heterocycles. The summed E-state index contributed by atoms with van der Waals surface area (Å²) in [6.07, 6.45) is 0. The van der Waals surface area contributed by atoms with Gasteiger partial charge >= 0.3 is 0 Å². The summed E-state index contributed by atoms with van der Waals surface area (Å²) >= 11 is 5.59. The minimum Gasteiger partial charge on any atom is -0.548 e. The number of halogens is 1. The monoisotopic (exact) mass is 244 g/mol. The van der Waals surface area contributed by atoms with Crippen LogP contribution in [0, 0.1) is 10.1 Å². The van der Waals surface area contributed by atoms with Gasteiger partial charge < -0.3 is 14.6 Å². The van der Waals surface area contributed by atoms with Gasteiger partial charge in [-0.2, -0.15) is 0 Å². The van der Waals surface area contributed by atoms with E-state index in [-0.39, 0.29) is 17.3 Å². The highest BCUT2D eigenvalue weighted by Gasteiger charge is 2.12. The number of nitrogens with zero attached hydrogens (tertiary/aromatic N) is 1. The van der Waals surface area contributed by atoms with E-state index in [4.69, 9.17) is 16.3 Å². The fraction of sp³-hybridized carbons (Fsp3) is 0.222. The van der Waals surface area contributed by atoms with Crippen molar-refractivity contribution < 1.29 is 19.6 Å². The lowest BCUT2D eigenvalue weighted by Crippen LogP contribution is -2.27. The molecule has 0 aromatic heterocycles. The maximum absolute atomic E-state index is 10.5. The molecule has 1 rings (SSSR count). The van der Waals surface area contributed by atoms with Crippen molar-refractivity contribution in [2.45, 2.75) is 6.61 Å². The summed E-state index contributed by atoms with van der Waals surface area (Å²) in [5.74, 6) is -1.34. The van der Waals surface area contributed by atoms with E-state index in [1.54, 1.807) is 0 Å². The van der Waals surface area contributed by atoms with Crippen LogP contribution in [-0.4, -0.2) is 17.5 Å². The smallest absolute Gasteiger partial charge is 0.288 e. The van der Waals surface area contributed by atoms with Crippen molar-refractivity contribution >= 4 is 23.3 Å². The van der Waals surface area contributed by atoms with Gasteiger partial charge in [-0.05, 0) is 11.6 Å². The standard InChI is InChI=1S/C9H8ClNO5/c10-7-2-1-6(3-8(7)11(14)15)4-16-5-9(12)13/h1-3H,4-5H2,(H,12,13)/p-1. The van der Waals surface area contributed by atoms with Gasteiger partial charge in [0.1, 0.15) is 5.02 Å². The topological polar surface area (TPSA) is 92.5 Å². The number of nitro groups is 1. The number of aliphatic carboxylic acids is 1. The summed E-state index contributed by atoms with van der Waals surface area (Å²) in [7, 11) is 0. The summed E-state index contributed by atoms with van der Waals surface area (Å²) in [5.41, 5.74) is 0.230. The minimum absolute atomic E-state index is 0.0219. The van der Waals surface area contributed by atoms with Crippen LogP contribution in [0.5, 0.6) is 0 Å². The number of nitro benzene ring substituents is 1. The molecule has 1 aromatic rings. The molecule has 0 fully saturated rings. The normalized spacial score (nSPS) is 10.1. The second-order valence-electron chi connectivity index (χ2n) is 2.91. The molecule has 0 amide bonds. The minimum atomic E-state index is -1.34. The lowest BCUT2D eigenvalue weighted by molar-refractivity contribution is -0.384. The number of ether oxygens (including phenoxy) is 1. The molecule has 0 saturated heterocycles. The quantitative estimate of drug-likeness (QED) is 0.556. The van der Waals surface area contributed by atoms with Gasteiger partial charge in [-0.25, -0.2) is 0 Å². The van der Waals surface area contributed by atoms with Gasteiger partial charge in [0.05, 0.1) is 24.1 Å². The van der Waals surface area contributed by atoms with Gasteiger partial charge in [-0.1, -0.05) is 17.7 Å². The third-order valence-corrected chi connectivity index (χ3v) is 2.02. The Morgan fingerprint density at radius 3 is 2.75 bits per heavy atom. The number of carbonyl (C=O) groups excluding carboxylic acids is 1. The third kappa shape index (κ3) is 3.48. The number of hydrogen-bond acceptors (Lipinski definition) is 5. The van der Waals surface area contributed by atoms with E-state index < -0.39 is 17.5 Å². The molecule has 0 aliphatic carbocycles. The Morgan fingerprint density at radius 2 is 2.19 bits per heavy atom. The number of carboxylic acids is 1. The number of carbonyl (C=O) groups is 1. The van der Waals surface area contributed by atoms with E-state index in [1.165, 1.54) is 18.2 Å². The molecule has 0 bridgehead atoms. The molecule has 0 aliphatic heterocycles. The third-order valence-electron chi connectivity index (χ3n) is 1.70. The van der Waals surface area contributed by atoms with Gasteiger partial charge in [0, 0.05) is 6.07 Å². The Labute approximate surface area is 95.6 Å². The fourth-order valence-corrected chi connectivity index (χ4v) is 1.23. The highest BCUT2D eigenvalue weighted by molar-refractivity contribution is 6.32. The highest BCUT2D eigenvalue weighted by Crippen LogP contribution is 2.25. The van der Waals surface area contributed by atoms with Crippen LogP contribution in [0.15, 0.2) is 18.2 Å². The fourth-order valence-electron chi connectivity index (χ4n) is 1.04. The molecule has 16 heavy (non-hydrogen) atoms. The second-order valence-corrected chi connectivity index (χ2v) is 3.31. The van der Waals surface area contributed by atoms with E-state index in [1.807, 2.05) is 0 Å². The lowest BCUT2D eigenvalue weighted by Gasteiger charge is -2.05. The molecule has 86 valence electrons. The Balaban J connectivity index is 2.71. The van der Waals surface area contributed by atoms with E-state index in [0.717, 1.165) is 0 Å². The van der Waals surface area contributed by atoms with Gasteiger partial charge in [-0.3, -0.25) is 10.1 Å². The first-order valence-electron chi connectivity index (χ1n) is 4.21. The highest BCUT2D eigenvalue weighted by atomic mass is 35.5. The van der Waals surface area contributed by atoms with E-state index >= 15 is 0 Å². The lowest BCUT2D eigenvalue weighted by atomic mass is 10.2. The molecule has 0 N–H and O–H groups in total. The molecule has 1 aromatic carbocycles. The summed E-state index contributed by atoms with van der Waals surface area (Å²) in [6, 6.07) is 4.11. The molecule has 0 unspecified atom stereocenters. The van der Waals surface area contributed by atoms with Gasteiger partial charge in [0.2, 0.25) is 0 Å². The van der Waals surface area contributed by atoms with Crippen LogP contribution in [0.3, 0.4) is 0 Å². The number of carboxylic acid groups (broad SMARTS) is 1. The van der Waals surface area contributed by atoms with Crippen molar-refractivity contribution in [1.82, 2.24) is 0 Å². The first-order valence-corrected chi connectivity index (χ1v) is 4.59. The van der Waals surface area contributed by atoms with E-state index in [2.05, 4.69) is 0 Å². The van der Waals surface area contributed by atoms with Crippen molar-refractivity contribution in [3.8, 4) is 0 Å². The zero-order valence-corrected chi connectivity index (χ0v) is 8.77. The van der Waals surface area contributed by atoms with Crippen molar-refractivity contribution in [3.05, 3.63) is 38.9 Å². The Morgan fingerprint density at radius 1 is 1.50 bits per heavy atom. The predicted octanol–water partition coefficient (Wildman–Crippen LogP) is 0.515. The second kappa shape index (κ2) is 5.43. The Kier molecular flexibility index (Phi) is 4.21. The first-order chi connectivity index (χ1) is 7.50. The molecular weight excluding hydrogens is 238 g/mol.